The van der Waals surface area contributed by atoms with Crippen molar-refractivity contribution in [2.24, 2.45) is 0 Å². The molecular weight excluding hydrogens is 282 g/mol. The molecule has 2 heterocycles. The van der Waals surface area contributed by atoms with Gasteiger partial charge in [-0.1, -0.05) is 48.5 Å². The summed E-state index contributed by atoms with van der Waals surface area (Å²) in [5, 5.41) is 15.9. The van der Waals surface area contributed by atoms with Gasteiger partial charge in [0.15, 0.2) is 0 Å². The number of piperidine rings is 1. The second kappa shape index (κ2) is 5.05. The Morgan fingerprint density at radius 3 is 2.70 bits per heavy atom. The molecule has 2 atom stereocenters. The van der Waals surface area contributed by atoms with Crippen molar-refractivity contribution in [3.8, 4) is 0 Å². The topological polar surface area (TPSA) is 23.5 Å². The largest absolute Gasteiger partial charge is 0.391 e. The number of aliphatic hydroxyl groups is 1. The second-order valence-electron chi connectivity index (χ2n) is 6.96. The molecule has 0 radical (unpaired) electrons. The van der Waals surface area contributed by atoms with Crippen LogP contribution in [0.2, 0.25) is 0 Å². The van der Waals surface area contributed by atoms with Crippen LogP contribution in [0.25, 0.3) is 21.5 Å². The van der Waals surface area contributed by atoms with Crippen LogP contribution in [0.3, 0.4) is 0 Å². The van der Waals surface area contributed by atoms with Crippen molar-refractivity contribution >= 4 is 21.5 Å². The van der Waals surface area contributed by atoms with E-state index in [0.717, 1.165) is 32.4 Å². The molecule has 2 aliphatic rings. The van der Waals surface area contributed by atoms with Crippen molar-refractivity contribution < 1.29 is 5.11 Å². The van der Waals surface area contributed by atoms with Gasteiger partial charge in [-0.05, 0) is 58.5 Å². The fraction of sp³-hybridized carbons (Fsp3) is 0.333. The minimum atomic E-state index is -0.222. The minimum Gasteiger partial charge on any atom is -0.391 e. The first kappa shape index (κ1) is 13.5. The summed E-state index contributed by atoms with van der Waals surface area (Å²) in [5.41, 5.74) is 2.81. The summed E-state index contributed by atoms with van der Waals surface area (Å²) in [6, 6.07) is 17.9. The van der Waals surface area contributed by atoms with Crippen LogP contribution in [0, 0.1) is 0 Å². The van der Waals surface area contributed by atoms with Gasteiger partial charge in [-0.2, -0.15) is 0 Å². The van der Waals surface area contributed by atoms with Crippen molar-refractivity contribution in [1.29, 1.82) is 0 Å². The highest BCUT2D eigenvalue weighted by atomic mass is 16.3. The summed E-state index contributed by atoms with van der Waals surface area (Å²) >= 11 is 0. The molecule has 0 spiro atoms. The summed E-state index contributed by atoms with van der Waals surface area (Å²) in [4.78, 5) is 2.48. The van der Waals surface area contributed by atoms with Crippen molar-refractivity contribution in [3.05, 3.63) is 59.7 Å². The van der Waals surface area contributed by atoms with Gasteiger partial charge in [-0.25, -0.2) is 0 Å². The van der Waals surface area contributed by atoms with Crippen LogP contribution in [0.5, 0.6) is 0 Å². The summed E-state index contributed by atoms with van der Waals surface area (Å²) in [6.45, 7) is 2.19. The maximum absolute atomic E-state index is 10.6. The maximum atomic E-state index is 10.6. The van der Waals surface area contributed by atoms with Crippen LogP contribution in [0.15, 0.2) is 48.5 Å². The Morgan fingerprint density at radius 2 is 1.74 bits per heavy atom. The molecule has 0 aliphatic carbocycles. The Morgan fingerprint density at radius 1 is 0.870 bits per heavy atom. The van der Waals surface area contributed by atoms with Gasteiger partial charge in [0.25, 0.3) is 0 Å². The van der Waals surface area contributed by atoms with Crippen LogP contribution in [-0.2, 0) is 6.42 Å². The standard InChI is InChI=1S/C21H21NO/c23-20-6-3-12-22-13-11-18-17-8-7-14-4-1-2-5-15(14)16(17)9-10-19(18)21(20)22/h1-2,4-5,7-10,20-21,23H,3,6,11-13H2. The maximum Gasteiger partial charge on any atom is 0.0737 e. The SMILES string of the molecule is OC1CCCN2CCc3c(ccc4c3ccc3ccccc34)C12. The van der Waals surface area contributed by atoms with Crippen molar-refractivity contribution in [2.75, 3.05) is 13.1 Å². The molecular formula is C21H21NO. The monoisotopic (exact) mass is 303 g/mol. The molecule has 5 rings (SSSR count). The van der Waals surface area contributed by atoms with Gasteiger partial charge in [0.05, 0.1) is 12.1 Å². The molecule has 1 N–H and O–H groups in total. The number of rotatable bonds is 0. The van der Waals surface area contributed by atoms with Crippen LogP contribution in [0.4, 0.5) is 0 Å². The van der Waals surface area contributed by atoms with Gasteiger partial charge in [0.2, 0.25) is 0 Å². The van der Waals surface area contributed by atoms with Crippen molar-refractivity contribution in [2.45, 2.75) is 31.4 Å². The average Bonchev–Trinajstić information content (AvgIpc) is 2.61. The quantitative estimate of drug-likeness (QED) is 0.633. The summed E-state index contributed by atoms with van der Waals surface area (Å²) in [7, 11) is 0. The molecule has 0 amide bonds. The predicted octanol–water partition coefficient (Wildman–Crippen LogP) is 4.05. The number of hydrogen-bond donors (Lipinski definition) is 1. The average molecular weight is 303 g/mol. The smallest absolute Gasteiger partial charge is 0.0737 e. The van der Waals surface area contributed by atoms with Gasteiger partial charge >= 0.3 is 0 Å². The van der Waals surface area contributed by atoms with E-state index in [1.807, 2.05) is 0 Å². The molecule has 2 nitrogen and oxygen atoms in total. The fourth-order valence-corrected chi connectivity index (χ4v) is 4.68. The molecule has 23 heavy (non-hydrogen) atoms. The lowest BCUT2D eigenvalue weighted by molar-refractivity contribution is 0.00456. The lowest BCUT2D eigenvalue weighted by Crippen LogP contribution is -2.45. The van der Waals surface area contributed by atoms with Gasteiger partial charge in [-0.3, -0.25) is 4.90 Å². The first-order valence-corrected chi connectivity index (χ1v) is 8.68. The Labute approximate surface area is 136 Å². The zero-order valence-corrected chi connectivity index (χ0v) is 13.2. The lowest BCUT2D eigenvalue weighted by atomic mass is 9.82. The van der Waals surface area contributed by atoms with E-state index < -0.39 is 0 Å². The molecule has 1 fully saturated rings. The van der Waals surface area contributed by atoms with E-state index in [0.29, 0.717) is 0 Å². The summed E-state index contributed by atoms with van der Waals surface area (Å²) < 4.78 is 0. The highest BCUT2D eigenvalue weighted by Crippen LogP contribution is 2.40. The third-order valence-corrected chi connectivity index (χ3v) is 5.74. The Hall–Kier alpha value is -1.90. The normalized spacial score (nSPS) is 24.6. The predicted molar refractivity (Wildman–Crippen MR) is 94.7 cm³/mol. The Balaban J connectivity index is 1.77. The number of benzene rings is 3. The van der Waals surface area contributed by atoms with E-state index in [9.17, 15) is 5.11 Å². The first-order chi connectivity index (χ1) is 11.3. The first-order valence-electron chi connectivity index (χ1n) is 8.68. The third kappa shape index (κ3) is 1.95. The Bertz CT molecular complexity index is 901. The number of aliphatic hydroxyl groups excluding tert-OH is 1. The van der Waals surface area contributed by atoms with E-state index in [4.69, 9.17) is 0 Å². The van der Waals surface area contributed by atoms with Crippen LogP contribution in [0.1, 0.15) is 30.0 Å². The molecule has 2 unspecified atom stereocenters. The fourth-order valence-electron chi connectivity index (χ4n) is 4.68. The minimum absolute atomic E-state index is 0.198. The molecule has 1 saturated heterocycles. The van der Waals surface area contributed by atoms with Crippen LogP contribution in [-0.4, -0.2) is 29.2 Å². The molecule has 3 aromatic rings. The summed E-state index contributed by atoms with van der Waals surface area (Å²) in [5.74, 6) is 0. The second-order valence-corrected chi connectivity index (χ2v) is 6.96. The van der Waals surface area contributed by atoms with E-state index in [-0.39, 0.29) is 12.1 Å². The van der Waals surface area contributed by atoms with Crippen molar-refractivity contribution in [1.82, 2.24) is 4.90 Å². The highest BCUT2D eigenvalue weighted by molar-refractivity contribution is 6.08. The molecule has 0 aromatic heterocycles. The Kier molecular flexibility index (Phi) is 2.97. The summed E-state index contributed by atoms with van der Waals surface area (Å²) in [6.07, 6.45) is 2.91. The lowest BCUT2D eigenvalue weighted by Gasteiger charge is -2.43. The highest BCUT2D eigenvalue weighted by Gasteiger charge is 2.35. The zero-order valence-electron chi connectivity index (χ0n) is 13.2. The number of hydrogen-bond acceptors (Lipinski definition) is 2. The van der Waals surface area contributed by atoms with Gasteiger partial charge in [0.1, 0.15) is 0 Å². The van der Waals surface area contributed by atoms with E-state index >= 15 is 0 Å². The van der Waals surface area contributed by atoms with E-state index in [1.165, 1.54) is 32.7 Å². The van der Waals surface area contributed by atoms with Crippen molar-refractivity contribution in [3.63, 3.8) is 0 Å². The molecule has 116 valence electrons. The van der Waals surface area contributed by atoms with Gasteiger partial charge in [-0.15, -0.1) is 0 Å². The molecule has 0 saturated carbocycles. The third-order valence-electron chi connectivity index (χ3n) is 5.74. The van der Waals surface area contributed by atoms with Gasteiger partial charge in [0, 0.05) is 6.54 Å². The van der Waals surface area contributed by atoms with Gasteiger partial charge < -0.3 is 5.11 Å². The zero-order chi connectivity index (χ0) is 15.4. The molecule has 2 heteroatoms. The molecule has 0 bridgehead atoms. The number of nitrogens with zero attached hydrogens (tertiary/aromatic N) is 1. The van der Waals surface area contributed by atoms with E-state index in [1.54, 1.807) is 0 Å². The molecule has 2 aliphatic heterocycles. The molecule has 3 aromatic carbocycles. The van der Waals surface area contributed by atoms with Crippen LogP contribution < -0.4 is 0 Å². The number of fused-ring (bicyclic) bond motifs is 7. The van der Waals surface area contributed by atoms with Crippen LogP contribution >= 0.6 is 0 Å². The van der Waals surface area contributed by atoms with E-state index in [2.05, 4.69) is 53.4 Å².